The third kappa shape index (κ3) is 7.48. The van der Waals surface area contributed by atoms with Crippen molar-refractivity contribution >= 4 is 5.97 Å². The third-order valence-corrected chi connectivity index (χ3v) is 4.99. The Labute approximate surface area is 172 Å². The first-order valence-corrected chi connectivity index (χ1v) is 10.6. The van der Waals surface area contributed by atoms with E-state index in [1.807, 2.05) is 12.1 Å². The van der Waals surface area contributed by atoms with Gasteiger partial charge in [-0.25, -0.2) is 0 Å². The second-order valence-electron chi connectivity index (χ2n) is 11.5. The molecule has 0 bridgehead atoms. The average Bonchev–Trinajstić information content (AvgIpc) is 2.48. The first-order valence-electron chi connectivity index (χ1n) is 10.6. The van der Waals surface area contributed by atoms with Crippen molar-refractivity contribution in [2.24, 2.45) is 11.3 Å². The molecule has 0 spiro atoms. The van der Waals surface area contributed by atoms with E-state index in [-0.39, 0.29) is 22.2 Å². The van der Waals surface area contributed by atoms with Gasteiger partial charge in [-0.05, 0) is 51.7 Å². The van der Waals surface area contributed by atoms with Gasteiger partial charge in [0.1, 0.15) is 5.75 Å². The van der Waals surface area contributed by atoms with Crippen molar-refractivity contribution < 1.29 is 14.6 Å². The van der Waals surface area contributed by atoms with E-state index in [9.17, 15) is 9.90 Å². The fourth-order valence-corrected chi connectivity index (χ4v) is 3.74. The van der Waals surface area contributed by atoms with Crippen LogP contribution in [0.3, 0.4) is 0 Å². The molecule has 0 saturated heterocycles. The first-order chi connectivity index (χ1) is 12.5. The Bertz CT molecular complexity index is 635. The molecule has 0 aromatic heterocycles. The molecule has 0 aliphatic heterocycles. The van der Waals surface area contributed by atoms with Crippen LogP contribution in [0.4, 0.5) is 0 Å². The molecule has 0 fully saturated rings. The largest absolute Gasteiger partial charge is 0.507 e. The van der Waals surface area contributed by atoms with Gasteiger partial charge in [-0.15, -0.1) is 0 Å². The number of aromatic hydroxyl groups is 1. The van der Waals surface area contributed by atoms with Gasteiger partial charge in [0.15, 0.2) is 0 Å². The molecule has 28 heavy (non-hydrogen) atoms. The zero-order valence-electron chi connectivity index (χ0n) is 19.8. The zero-order chi connectivity index (χ0) is 21.9. The summed E-state index contributed by atoms with van der Waals surface area (Å²) in [5.41, 5.74) is 2.61. The van der Waals surface area contributed by atoms with Gasteiger partial charge in [-0.2, -0.15) is 0 Å². The number of phenolic OH excluding ortho intramolecular Hbond substituents is 1. The van der Waals surface area contributed by atoms with Crippen LogP contribution in [0.15, 0.2) is 12.1 Å². The van der Waals surface area contributed by atoms with Crippen LogP contribution in [-0.4, -0.2) is 17.7 Å². The monoisotopic (exact) mass is 390 g/mol. The summed E-state index contributed by atoms with van der Waals surface area (Å²) in [5, 5.41) is 10.8. The first kappa shape index (κ1) is 24.5. The second kappa shape index (κ2) is 8.88. The molecule has 3 nitrogen and oxygen atoms in total. The van der Waals surface area contributed by atoms with Crippen LogP contribution in [0.5, 0.6) is 5.75 Å². The van der Waals surface area contributed by atoms with Crippen molar-refractivity contribution in [3.8, 4) is 5.75 Å². The minimum absolute atomic E-state index is 0.00116. The van der Waals surface area contributed by atoms with Gasteiger partial charge in [0.25, 0.3) is 0 Å². The molecule has 1 rings (SSSR count). The van der Waals surface area contributed by atoms with Crippen LogP contribution < -0.4 is 0 Å². The molecule has 0 amide bonds. The minimum Gasteiger partial charge on any atom is -0.507 e. The van der Waals surface area contributed by atoms with Gasteiger partial charge in [-0.1, -0.05) is 81.4 Å². The summed E-state index contributed by atoms with van der Waals surface area (Å²) in [6, 6.07) is 4.08. The number of carbonyl (C=O) groups is 1. The van der Waals surface area contributed by atoms with E-state index in [0.717, 1.165) is 23.1 Å². The van der Waals surface area contributed by atoms with Crippen LogP contribution in [0, 0.1) is 11.3 Å². The number of rotatable bonds is 7. The van der Waals surface area contributed by atoms with E-state index in [2.05, 4.69) is 69.2 Å². The Morgan fingerprint density at radius 2 is 1.43 bits per heavy atom. The van der Waals surface area contributed by atoms with Crippen molar-refractivity contribution in [2.45, 2.75) is 99.3 Å². The number of phenols is 1. The van der Waals surface area contributed by atoms with Crippen LogP contribution in [0.1, 0.15) is 98.8 Å². The summed E-state index contributed by atoms with van der Waals surface area (Å²) < 4.78 is 5.56. The van der Waals surface area contributed by atoms with Gasteiger partial charge >= 0.3 is 5.97 Å². The van der Waals surface area contributed by atoms with Crippen LogP contribution >= 0.6 is 0 Å². The highest BCUT2D eigenvalue weighted by molar-refractivity contribution is 5.69. The molecule has 1 aromatic carbocycles. The molecule has 160 valence electrons. The van der Waals surface area contributed by atoms with E-state index in [4.69, 9.17) is 4.74 Å². The summed E-state index contributed by atoms with van der Waals surface area (Å²) in [6.45, 7) is 21.7. The molecule has 1 aromatic rings. The van der Waals surface area contributed by atoms with Gasteiger partial charge in [0.2, 0.25) is 0 Å². The summed E-state index contributed by atoms with van der Waals surface area (Å²) in [6.07, 6.45) is 2.01. The standard InChI is InChI=1S/C25H42O3/c1-17(2)15-25(9,10)16-28-21(26)12-11-18-13-19(23(3,4)5)22(27)20(14-18)24(6,7)8/h13-14,17,27H,11-12,15-16H2,1-10H3. The fourth-order valence-electron chi connectivity index (χ4n) is 3.74. The molecular weight excluding hydrogens is 348 g/mol. The van der Waals surface area contributed by atoms with E-state index < -0.39 is 0 Å². The lowest BCUT2D eigenvalue weighted by Gasteiger charge is -2.28. The summed E-state index contributed by atoms with van der Waals surface area (Å²) >= 11 is 0. The van der Waals surface area contributed by atoms with E-state index in [1.165, 1.54) is 0 Å². The smallest absolute Gasteiger partial charge is 0.306 e. The van der Waals surface area contributed by atoms with Gasteiger partial charge in [-0.3, -0.25) is 4.79 Å². The number of ether oxygens (including phenoxy) is 1. The highest BCUT2D eigenvalue weighted by Gasteiger charge is 2.27. The SMILES string of the molecule is CC(C)CC(C)(C)COC(=O)CCc1cc(C(C)(C)C)c(O)c(C(C)(C)C)c1. The van der Waals surface area contributed by atoms with E-state index in [0.29, 0.717) is 31.1 Å². The van der Waals surface area contributed by atoms with Crippen molar-refractivity contribution in [1.29, 1.82) is 0 Å². The number of aryl methyl sites for hydroxylation is 1. The van der Waals surface area contributed by atoms with Crippen LogP contribution in [0.25, 0.3) is 0 Å². The van der Waals surface area contributed by atoms with Crippen molar-refractivity contribution in [3.63, 3.8) is 0 Å². The highest BCUT2D eigenvalue weighted by Crippen LogP contribution is 2.40. The maximum atomic E-state index is 12.3. The number of hydrogen-bond donors (Lipinski definition) is 1. The van der Waals surface area contributed by atoms with Crippen molar-refractivity contribution in [3.05, 3.63) is 28.8 Å². The molecule has 0 aliphatic carbocycles. The van der Waals surface area contributed by atoms with Gasteiger partial charge < -0.3 is 9.84 Å². The maximum Gasteiger partial charge on any atom is 0.306 e. The van der Waals surface area contributed by atoms with E-state index in [1.54, 1.807) is 0 Å². The Kier molecular flexibility index (Phi) is 7.78. The lowest BCUT2D eigenvalue weighted by atomic mass is 9.78. The number of benzene rings is 1. The maximum absolute atomic E-state index is 12.3. The molecule has 0 atom stereocenters. The minimum atomic E-state index is -0.165. The molecule has 1 N–H and O–H groups in total. The summed E-state index contributed by atoms with van der Waals surface area (Å²) in [7, 11) is 0. The average molecular weight is 391 g/mol. The molecule has 0 unspecified atom stereocenters. The predicted molar refractivity (Wildman–Crippen MR) is 118 cm³/mol. The Morgan fingerprint density at radius 1 is 0.964 bits per heavy atom. The number of carbonyl (C=O) groups excluding carboxylic acids is 1. The lowest BCUT2D eigenvalue weighted by Crippen LogP contribution is -2.24. The van der Waals surface area contributed by atoms with Crippen molar-refractivity contribution in [2.75, 3.05) is 6.61 Å². The zero-order valence-corrected chi connectivity index (χ0v) is 19.8. The second-order valence-corrected chi connectivity index (χ2v) is 11.5. The van der Waals surface area contributed by atoms with Crippen LogP contribution in [-0.2, 0) is 26.8 Å². The number of esters is 1. The summed E-state index contributed by atoms with van der Waals surface area (Å²) in [4.78, 5) is 12.3. The molecule has 0 saturated carbocycles. The van der Waals surface area contributed by atoms with Gasteiger partial charge in [0, 0.05) is 6.42 Å². The highest BCUT2D eigenvalue weighted by atomic mass is 16.5. The van der Waals surface area contributed by atoms with Gasteiger partial charge in [0.05, 0.1) is 6.61 Å². The molecular formula is C25H42O3. The molecule has 0 radical (unpaired) electrons. The fraction of sp³-hybridized carbons (Fsp3) is 0.720. The Hall–Kier alpha value is -1.51. The third-order valence-electron chi connectivity index (χ3n) is 4.99. The quantitative estimate of drug-likeness (QED) is 0.538. The normalized spacial score (nSPS) is 13.1. The number of hydrogen-bond acceptors (Lipinski definition) is 3. The molecule has 0 heterocycles. The topological polar surface area (TPSA) is 46.5 Å². The Balaban J connectivity index is 2.91. The summed E-state index contributed by atoms with van der Waals surface area (Å²) in [5.74, 6) is 0.804. The lowest BCUT2D eigenvalue weighted by molar-refractivity contribution is -0.147. The Morgan fingerprint density at radius 3 is 1.82 bits per heavy atom. The molecule has 3 heteroatoms. The van der Waals surface area contributed by atoms with Crippen molar-refractivity contribution in [1.82, 2.24) is 0 Å². The molecule has 0 aliphatic rings. The predicted octanol–water partition coefficient (Wildman–Crippen LogP) is 6.54. The van der Waals surface area contributed by atoms with E-state index >= 15 is 0 Å². The van der Waals surface area contributed by atoms with Crippen LogP contribution in [0.2, 0.25) is 0 Å².